The highest BCUT2D eigenvalue weighted by molar-refractivity contribution is 6.32. The summed E-state index contributed by atoms with van der Waals surface area (Å²) in [7, 11) is 0. The summed E-state index contributed by atoms with van der Waals surface area (Å²) in [6.07, 6.45) is -6.41. The van der Waals surface area contributed by atoms with Crippen molar-refractivity contribution in [3.05, 3.63) is 28.8 Å². The molecule has 0 saturated heterocycles. The zero-order valence-corrected chi connectivity index (χ0v) is 9.89. The van der Waals surface area contributed by atoms with E-state index in [-0.39, 0.29) is 16.6 Å². The Morgan fingerprint density at radius 1 is 1.41 bits per heavy atom. The van der Waals surface area contributed by atoms with Gasteiger partial charge in [0, 0.05) is 5.56 Å². The topological polar surface area (TPSA) is 26.3 Å². The van der Waals surface area contributed by atoms with E-state index in [9.17, 15) is 18.0 Å². The van der Waals surface area contributed by atoms with Crippen molar-refractivity contribution < 1.29 is 22.7 Å². The highest BCUT2D eigenvalue weighted by atomic mass is 35.5. The molecule has 1 aromatic carbocycles. The van der Waals surface area contributed by atoms with Gasteiger partial charge in [-0.3, -0.25) is 4.79 Å². The minimum absolute atomic E-state index is 0.0196. The van der Waals surface area contributed by atoms with Crippen molar-refractivity contribution in [3.8, 4) is 5.75 Å². The van der Waals surface area contributed by atoms with Gasteiger partial charge in [-0.2, -0.15) is 13.2 Å². The van der Waals surface area contributed by atoms with Gasteiger partial charge in [-0.25, -0.2) is 0 Å². The molecule has 0 aromatic heterocycles. The first kappa shape index (κ1) is 13.8. The summed E-state index contributed by atoms with van der Waals surface area (Å²) in [5.41, 5.74) is 0.321. The van der Waals surface area contributed by atoms with Crippen molar-refractivity contribution in [2.45, 2.75) is 26.1 Å². The van der Waals surface area contributed by atoms with Crippen LogP contribution < -0.4 is 4.74 Å². The minimum atomic E-state index is -4.46. The molecule has 0 N–H and O–H groups in total. The van der Waals surface area contributed by atoms with Gasteiger partial charge in [0.15, 0.2) is 11.9 Å². The lowest BCUT2D eigenvalue weighted by atomic mass is 10.1. The second kappa shape index (κ2) is 4.96. The van der Waals surface area contributed by atoms with Crippen LogP contribution in [-0.2, 0) is 0 Å². The molecule has 0 aliphatic carbocycles. The molecule has 0 saturated carbocycles. The van der Waals surface area contributed by atoms with Crippen LogP contribution in [0.1, 0.15) is 24.2 Å². The fraction of sp³-hybridized carbons (Fsp3) is 0.364. The van der Waals surface area contributed by atoms with Crippen LogP contribution in [0.5, 0.6) is 5.75 Å². The predicted octanol–water partition coefficient (Wildman–Crippen LogP) is 3.87. The predicted molar refractivity (Wildman–Crippen MR) is 57.6 cm³/mol. The molecule has 17 heavy (non-hydrogen) atoms. The molecule has 6 heteroatoms. The van der Waals surface area contributed by atoms with Crippen molar-refractivity contribution in [2.24, 2.45) is 0 Å². The Morgan fingerprint density at radius 3 is 2.41 bits per heavy atom. The van der Waals surface area contributed by atoms with Crippen LogP contribution in [-0.4, -0.2) is 18.1 Å². The third-order valence-corrected chi connectivity index (χ3v) is 2.40. The molecule has 1 aromatic rings. The quantitative estimate of drug-likeness (QED) is 0.776. The molecule has 0 aliphatic rings. The number of hydrogen-bond donors (Lipinski definition) is 0. The lowest BCUT2D eigenvalue weighted by molar-refractivity contribution is -0.189. The molecule has 0 aliphatic heterocycles. The van der Waals surface area contributed by atoms with Gasteiger partial charge in [-0.05, 0) is 32.0 Å². The molecular formula is C11H10ClF3O2. The maximum absolute atomic E-state index is 12.3. The highest BCUT2D eigenvalue weighted by Gasteiger charge is 2.38. The van der Waals surface area contributed by atoms with Crippen LogP contribution in [0.25, 0.3) is 0 Å². The van der Waals surface area contributed by atoms with Crippen LogP contribution in [0, 0.1) is 0 Å². The van der Waals surface area contributed by atoms with Crippen molar-refractivity contribution in [1.29, 1.82) is 0 Å². The normalized spacial score (nSPS) is 13.3. The molecule has 0 amide bonds. The minimum Gasteiger partial charge on any atom is -0.480 e. The van der Waals surface area contributed by atoms with E-state index in [1.807, 2.05) is 0 Å². The Kier molecular flexibility index (Phi) is 4.03. The fourth-order valence-electron chi connectivity index (χ4n) is 1.07. The monoisotopic (exact) mass is 266 g/mol. The Hall–Kier alpha value is -1.23. The van der Waals surface area contributed by atoms with E-state index in [4.69, 9.17) is 11.6 Å². The van der Waals surface area contributed by atoms with Crippen LogP contribution in [0.15, 0.2) is 18.2 Å². The smallest absolute Gasteiger partial charge is 0.425 e. The number of rotatable bonds is 3. The van der Waals surface area contributed by atoms with E-state index >= 15 is 0 Å². The fourth-order valence-corrected chi connectivity index (χ4v) is 1.30. The summed E-state index contributed by atoms with van der Waals surface area (Å²) in [5, 5.41) is -0.0196. The van der Waals surface area contributed by atoms with Crippen LogP contribution in [0.3, 0.4) is 0 Å². The lowest BCUT2D eigenvalue weighted by Crippen LogP contribution is -2.31. The van der Waals surface area contributed by atoms with Gasteiger partial charge in [-0.15, -0.1) is 0 Å². The maximum atomic E-state index is 12.3. The number of carbonyl (C=O) groups is 1. The number of alkyl halides is 3. The Labute approximate surface area is 101 Å². The molecule has 0 spiro atoms. The number of benzene rings is 1. The first-order chi connectivity index (χ1) is 7.71. The van der Waals surface area contributed by atoms with Gasteiger partial charge in [0.05, 0.1) is 5.02 Å². The second-order valence-corrected chi connectivity index (χ2v) is 3.91. The summed E-state index contributed by atoms with van der Waals surface area (Å²) < 4.78 is 41.4. The first-order valence-electron chi connectivity index (χ1n) is 4.75. The number of Topliss-reactive ketones (excluding diaryl/α,β-unsaturated/α-hetero) is 1. The summed E-state index contributed by atoms with van der Waals surface area (Å²) in [5.74, 6) is -0.316. The first-order valence-corrected chi connectivity index (χ1v) is 5.13. The Balaban J connectivity index is 2.90. The molecule has 2 nitrogen and oxygen atoms in total. The van der Waals surface area contributed by atoms with Gasteiger partial charge in [0.1, 0.15) is 5.75 Å². The van der Waals surface area contributed by atoms with Crippen molar-refractivity contribution >= 4 is 17.4 Å². The molecule has 0 unspecified atom stereocenters. The van der Waals surface area contributed by atoms with Crippen LogP contribution in [0.2, 0.25) is 5.02 Å². The van der Waals surface area contributed by atoms with Crippen LogP contribution >= 0.6 is 11.6 Å². The summed E-state index contributed by atoms with van der Waals surface area (Å²) in [6, 6.07) is 3.90. The summed E-state index contributed by atoms with van der Waals surface area (Å²) in [4.78, 5) is 11.0. The van der Waals surface area contributed by atoms with Crippen molar-refractivity contribution in [1.82, 2.24) is 0 Å². The highest BCUT2D eigenvalue weighted by Crippen LogP contribution is 2.30. The molecular weight excluding hydrogens is 257 g/mol. The van der Waals surface area contributed by atoms with E-state index in [1.54, 1.807) is 0 Å². The van der Waals surface area contributed by atoms with Crippen molar-refractivity contribution in [3.63, 3.8) is 0 Å². The van der Waals surface area contributed by atoms with Crippen LogP contribution in [0.4, 0.5) is 13.2 Å². The standard InChI is InChI=1S/C11H10ClF3O2/c1-6(16)8-3-4-10(9(12)5-8)17-7(2)11(13,14)15/h3-5,7H,1-2H3/t7-/m1/s1. The van der Waals surface area contributed by atoms with Gasteiger partial charge in [0.2, 0.25) is 0 Å². The van der Waals surface area contributed by atoms with Gasteiger partial charge >= 0.3 is 6.18 Å². The molecule has 1 atom stereocenters. The lowest BCUT2D eigenvalue weighted by Gasteiger charge is -2.18. The second-order valence-electron chi connectivity index (χ2n) is 3.50. The third-order valence-electron chi connectivity index (χ3n) is 2.10. The number of halogens is 4. The average molecular weight is 267 g/mol. The van der Waals surface area contributed by atoms with E-state index in [0.717, 1.165) is 6.92 Å². The number of carbonyl (C=O) groups excluding carboxylic acids is 1. The van der Waals surface area contributed by atoms with E-state index in [2.05, 4.69) is 4.74 Å². The van der Waals surface area contributed by atoms with E-state index in [0.29, 0.717) is 5.56 Å². The Bertz CT molecular complexity index is 429. The third kappa shape index (κ3) is 3.63. The largest absolute Gasteiger partial charge is 0.480 e. The Morgan fingerprint density at radius 2 is 2.00 bits per heavy atom. The molecule has 0 heterocycles. The molecule has 1 rings (SSSR count). The molecule has 0 fully saturated rings. The van der Waals surface area contributed by atoms with Gasteiger partial charge in [0.25, 0.3) is 0 Å². The SMILES string of the molecule is CC(=O)c1ccc(O[C@H](C)C(F)(F)F)c(Cl)c1. The van der Waals surface area contributed by atoms with E-state index in [1.165, 1.54) is 25.1 Å². The summed E-state index contributed by atoms with van der Waals surface area (Å²) in [6.45, 7) is 2.22. The average Bonchev–Trinajstić information content (AvgIpc) is 2.19. The number of ether oxygens (including phenoxy) is 1. The number of hydrogen-bond acceptors (Lipinski definition) is 2. The zero-order chi connectivity index (χ0) is 13.2. The molecule has 0 bridgehead atoms. The summed E-state index contributed by atoms with van der Waals surface area (Å²) >= 11 is 5.72. The van der Waals surface area contributed by atoms with Crippen molar-refractivity contribution in [2.75, 3.05) is 0 Å². The van der Waals surface area contributed by atoms with Gasteiger partial charge < -0.3 is 4.74 Å². The zero-order valence-electron chi connectivity index (χ0n) is 9.14. The molecule has 94 valence electrons. The van der Waals surface area contributed by atoms with E-state index < -0.39 is 12.3 Å². The molecule has 0 radical (unpaired) electrons. The number of ketones is 1. The van der Waals surface area contributed by atoms with Gasteiger partial charge in [-0.1, -0.05) is 11.6 Å². The maximum Gasteiger partial charge on any atom is 0.425 e.